The van der Waals surface area contributed by atoms with Crippen LogP contribution in [0.1, 0.15) is 43.8 Å². The number of hydrogen-bond donors (Lipinski definition) is 8. The van der Waals surface area contributed by atoms with Crippen LogP contribution in [0.15, 0.2) is 60.1 Å². The number of fused-ring (bicyclic) bond motifs is 4. The minimum Gasteiger partial charge on any atom is -0.780 e. The summed E-state index contributed by atoms with van der Waals surface area (Å²) in [7, 11) is 0. The van der Waals surface area contributed by atoms with Gasteiger partial charge in [-0.25, -0.2) is 72.8 Å². The van der Waals surface area contributed by atoms with Gasteiger partial charge in [-0.2, -0.15) is 0 Å². The molecule has 0 aliphatic carbocycles. The third-order valence-electron chi connectivity index (χ3n) is 17.7. The van der Waals surface area contributed by atoms with E-state index in [-0.39, 0.29) is 86.9 Å². The van der Waals surface area contributed by atoms with Crippen molar-refractivity contribution in [2.75, 3.05) is 72.9 Å². The first-order valence-corrected chi connectivity index (χ1v) is 41.4. The van der Waals surface area contributed by atoms with Crippen LogP contribution in [0.5, 0.6) is 0 Å². The van der Waals surface area contributed by atoms with Gasteiger partial charge < -0.3 is 130 Å². The summed E-state index contributed by atoms with van der Waals surface area (Å²) in [6.45, 7) is -21.8. The number of H-pyrrole nitrogens is 1. The maximum atomic E-state index is 17.5. The lowest BCUT2D eigenvalue weighted by Gasteiger charge is -2.36. The summed E-state index contributed by atoms with van der Waals surface area (Å²) in [6.07, 6.45) is -22.5. The van der Waals surface area contributed by atoms with Gasteiger partial charge in [-0.3, -0.25) is 32.6 Å². The van der Waals surface area contributed by atoms with Crippen molar-refractivity contribution in [3.63, 3.8) is 0 Å². The molecular weight excluding hydrogens is 1570 g/mol. The van der Waals surface area contributed by atoms with Crippen LogP contribution in [-0.2, 0) is 112 Å². The first kappa shape index (κ1) is 75.6. The van der Waals surface area contributed by atoms with Crippen molar-refractivity contribution in [2.24, 2.45) is 5.92 Å². The molecule has 54 heteroatoms. The molecule has 0 aromatic carbocycles. The fraction of sp³-hybridized carbons (Fsp3) is 0.549. The third-order valence-corrected chi connectivity index (χ3v) is 23.9. The van der Waals surface area contributed by atoms with Gasteiger partial charge in [0, 0.05) is 24.1 Å². The molecule has 43 nitrogen and oxygen atoms in total. The molecule has 12 N–H and O–H groups in total. The van der Waals surface area contributed by atoms with E-state index in [0.29, 0.717) is 0 Å². The average Bonchev–Trinajstić information content (AvgIpc) is 1.63. The Morgan fingerprint density at radius 1 is 0.590 bits per heavy atom. The molecular formula is C51H59F3N22O21P4S4-4. The number of alkyl halides is 3. The molecule has 0 bridgehead atoms. The van der Waals surface area contributed by atoms with Crippen molar-refractivity contribution in [1.82, 2.24) is 78.1 Å². The van der Waals surface area contributed by atoms with Crippen LogP contribution in [0, 0.1) is 12.8 Å². The van der Waals surface area contributed by atoms with Crippen LogP contribution in [0.3, 0.4) is 0 Å². The summed E-state index contributed by atoms with van der Waals surface area (Å²) >= 11 is 21.3. The zero-order valence-corrected chi connectivity index (χ0v) is 60.6. The highest BCUT2D eigenvalue weighted by Gasteiger charge is 2.55. The molecule has 5 fully saturated rings. The number of ether oxygens (including phenoxy) is 5. The van der Waals surface area contributed by atoms with E-state index in [1.165, 1.54) is 28.9 Å². The van der Waals surface area contributed by atoms with Crippen LogP contribution in [0.4, 0.5) is 47.9 Å². The molecule has 0 saturated carbocycles. The predicted molar refractivity (Wildman–Crippen MR) is 360 cm³/mol. The van der Waals surface area contributed by atoms with Gasteiger partial charge in [0.1, 0.15) is 129 Å². The number of nitrogen functional groups attached to an aromatic ring is 4. The van der Waals surface area contributed by atoms with Gasteiger partial charge in [0.2, 0.25) is 0 Å². The van der Waals surface area contributed by atoms with Crippen molar-refractivity contribution in [3.8, 4) is 0 Å². The Labute approximate surface area is 607 Å². The molecule has 23 atom stereocenters. The molecule has 6 aliphatic heterocycles. The Hall–Kier alpha value is -6.19. The van der Waals surface area contributed by atoms with E-state index in [1.807, 2.05) is 0 Å². The lowest BCUT2D eigenvalue weighted by molar-refractivity contribution is -0.220. The molecule has 105 heavy (non-hydrogen) atoms. The minimum absolute atomic E-state index is 0.00662. The van der Waals surface area contributed by atoms with E-state index >= 15 is 13.2 Å². The van der Waals surface area contributed by atoms with Crippen molar-refractivity contribution >= 4 is 143 Å². The van der Waals surface area contributed by atoms with Crippen molar-refractivity contribution < 1.29 is 103 Å². The lowest BCUT2D eigenvalue weighted by atomic mass is 10.0. The molecule has 0 spiro atoms. The second-order valence-corrected chi connectivity index (χ2v) is 35.1. The fourth-order valence-corrected chi connectivity index (χ4v) is 18.4. The monoisotopic (exact) mass is 1620 g/mol. The minimum atomic E-state index is -5.22. The Kier molecular flexibility index (Phi) is 21.4. The molecule has 0 radical (unpaired) electrons. The summed E-state index contributed by atoms with van der Waals surface area (Å²) in [4.78, 5) is 116. The van der Waals surface area contributed by atoms with Gasteiger partial charge in [0.25, 0.3) is 5.56 Å². The Morgan fingerprint density at radius 3 is 1.56 bits per heavy atom. The van der Waals surface area contributed by atoms with Crippen molar-refractivity contribution in [2.45, 2.75) is 131 Å². The second kappa shape index (κ2) is 29.7. The van der Waals surface area contributed by atoms with Crippen LogP contribution in [0.25, 0.3) is 33.5 Å². The van der Waals surface area contributed by atoms with Crippen molar-refractivity contribution in [1.29, 1.82) is 0 Å². The number of rotatable bonds is 26. The Bertz CT molecular complexity index is 4940. The first-order chi connectivity index (χ1) is 49.9. The highest BCUT2D eigenvalue weighted by molar-refractivity contribution is 8.32. The zero-order valence-electron chi connectivity index (χ0n) is 53.7. The van der Waals surface area contributed by atoms with E-state index in [0.717, 1.165) is 51.7 Å². The Balaban J connectivity index is 0.690. The summed E-state index contributed by atoms with van der Waals surface area (Å²) in [5.41, 5.74) is 23.3. The highest BCUT2D eigenvalue weighted by atomic mass is 32.7. The number of nitrogens with two attached hydrogens (primary N) is 4. The number of imidazole rings is 3. The van der Waals surface area contributed by atoms with E-state index in [2.05, 4.69) is 65.1 Å². The Morgan fingerprint density at radius 2 is 1.02 bits per heavy atom. The number of aromatic amines is 1. The fourth-order valence-electron chi connectivity index (χ4n) is 12.7. The van der Waals surface area contributed by atoms with E-state index in [4.69, 9.17) is 130 Å². The molecule has 568 valence electrons. The van der Waals surface area contributed by atoms with Gasteiger partial charge in [0.05, 0.1) is 70.9 Å². The smallest absolute Gasteiger partial charge is 0.330 e. The SMILES string of the molecule is Cc1cn([C@H]2C[C@H](O)[C@@H](COP([O-])(=S)OC3[C@@H](C)[C@H](n4cnc5c(N)ncnc54)O[C@@H]3COP([O-])(=S)OC3[C@@H](F)[C@H](n4cnc5c(N)ncnc54)O[C@@H]3COP(=O)([S-])OC3[C@@H](F)[C@H](N4CNc5c(N)ncnc54)O[C@@H]3COP([O-])(=S)OC3[C@@H](F)[C@H](n4cnc5c(N)ncnc54)O[C@@H]3CO)O2)c(=O)[nH]c1=O. The quantitative estimate of drug-likeness (QED) is 0.0217. The number of aryl methyl sites for hydroxylation is 1. The maximum Gasteiger partial charge on any atom is 0.330 e. The molecule has 8 unspecified atom stereocenters. The van der Waals surface area contributed by atoms with Gasteiger partial charge >= 0.3 is 5.69 Å². The second-order valence-electron chi connectivity index (χ2n) is 24.3. The molecule has 14 rings (SSSR count). The first-order valence-electron chi connectivity index (χ1n) is 31.1. The third kappa shape index (κ3) is 15.1. The van der Waals surface area contributed by atoms with Crippen LogP contribution >= 0.6 is 27.0 Å². The van der Waals surface area contributed by atoms with Gasteiger partial charge in [-0.15, -0.1) is 0 Å². The average molecular weight is 1630 g/mol. The topological polar surface area (TPSA) is 577 Å². The number of aliphatic hydroxyl groups excluding tert-OH is 2. The number of nitrogens with zero attached hydrogens (tertiary/aromatic N) is 16. The molecule has 5 saturated heterocycles. The molecule has 14 heterocycles. The number of aromatic nitrogens is 16. The summed E-state index contributed by atoms with van der Waals surface area (Å²) < 4.78 is 147. The zero-order chi connectivity index (χ0) is 74.5. The standard InChI is InChI=1S/C51H63F3N22O21P4S4/c1-18-4-72(51(80)71-46(18)79)26-3-20(78)22(89-26)6-85-98(81,102)94-34-19(2)47(73-14-67-30-38(55)59-10-63-42(30)73)91-23(34)7-86-100(83,104)96-36-25(93-49(28(36)53)75-16-69-32-40(57)61-12-65-44(32)75)9-88-101(84,105)97-37-24(92-50(29(37)54)76-17-70-33-41(58)62-13-66-45(33)76)8-87-99(82,103)95-35-21(5-77)90-48(27(35)52)74-15-68-31-39(56)60-11-64-43(31)74/h4,10-16,19-29,34-37,47-50,70,77-78H,3,5-9,17H2,1-2H3,(H,81,102)(H,82,103)(H,83,104)(H,84,105)(H2,55,59,63)(H2,56,60,64)(H2,57,61,65)(H2,58,62,66)(H,71,79,80)/p-4/t19-,20+,21-,22-,23-,24-,25-,26-,27-,28-,29-,34?,35?,36?,37?,47-,48-,49-,50-,98?,99?,100?,101?/m1/s1. The van der Waals surface area contributed by atoms with E-state index in [1.54, 1.807) is 6.92 Å². The lowest BCUT2D eigenvalue weighted by Crippen LogP contribution is -2.42. The number of anilines is 6. The molecule has 0 amide bonds. The van der Waals surface area contributed by atoms with E-state index in [9.17, 15) is 39.0 Å². The van der Waals surface area contributed by atoms with Crippen LogP contribution in [0.2, 0.25) is 0 Å². The number of halogens is 3. The highest BCUT2D eigenvalue weighted by Crippen LogP contribution is 2.56. The van der Waals surface area contributed by atoms with Crippen molar-refractivity contribution in [3.05, 3.63) is 76.9 Å². The summed E-state index contributed by atoms with van der Waals surface area (Å²) in [5, 5.41) is 24.2. The maximum absolute atomic E-state index is 17.5. The van der Waals surface area contributed by atoms with Crippen LogP contribution in [-0.4, -0.2) is 214 Å². The molecule has 6 aliphatic rings. The predicted octanol–water partition coefficient (Wildman–Crippen LogP) is -1.90. The van der Waals surface area contributed by atoms with E-state index < -0.39 is 188 Å². The largest absolute Gasteiger partial charge is 0.780 e. The summed E-state index contributed by atoms with van der Waals surface area (Å²) in [5.74, 6) is -1.13. The van der Waals surface area contributed by atoms with Gasteiger partial charge in [0.15, 0.2) is 90.0 Å². The number of aliphatic hydroxyl groups is 2. The van der Waals surface area contributed by atoms with Crippen LogP contribution < -0.4 is 59.1 Å². The normalized spacial score (nSPS) is 32.1. The number of nitrogens with one attached hydrogen (secondary N) is 2. The van der Waals surface area contributed by atoms with Gasteiger partial charge in [-0.1, -0.05) is 42.3 Å². The molecule has 8 aromatic heterocycles. The van der Waals surface area contributed by atoms with Gasteiger partial charge in [-0.05, 0) is 6.92 Å². The molecule has 8 aromatic rings. The number of hydrogen-bond acceptors (Lipinski definition) is 42. The summed E-state index contributed by atoms with van der Waals surface area (Å²) in [6, 6.07) is 0.